The Labute approximate surface area is 331 Å². The van der Waals surface area contributed by atoms with Crippen LogP contribution in [0, 0.1) is 5.41 Å². The van der Waals surface area contributed by atoms with E-state index in [1.807, 2.05) is 36.5 Å². The number of hydrogen-bond donors (Lipinski definition) is 2. The normalized spacial score (nSPS) is 22.7. The lowest BCUT2D eigenvalue weighted by Gasteiger charge is -2.47. The molecule has 0 radical (unpaired) electrons. The molecular weight excluding hydrogens is 725 g/mol. The Balaban J connectivity index is 0.744. The number of piperidine rings is 2. The Morgan fingerprint density at radius 1 is 0.877 bits per heavy atom. The van der Waals surface area contributed by atoms with Crippen LogP contribution in [0.5, 0.6) is 11.5 Å². The van der Waals surface area contributed by atoms with E-state index >= 15 is 0 Å². The molecule has 13 heteroatoms. The highest BCUT2D eigenvalue weighted by Gasteiger charge is 2.45. The average Bonchev–Trinajstić information content (AvgIpc) is 3.44. The second kappa shape index (κ2) is 14.6. The summed E-state index contributed by atoms with van der Waals surface area (Å²) in [4.78, 5) is 62.8. The highest BCUT2D eigenvalue weighted by Crippen LogP contribution is 2.39. The molecule has 4 aromatic rings. The van der Waals surface area contributed by atoms with Gasteiger partial charge in [0.25, 0.3) is 11.8 Å². The topological polar surface area (TPSA) is 152 Å². The number of imide groups is 2. The SMILES string of the molecule is CC(C)(c1ccc(OCc2ccnc(N3CCC4(CC3)COC4)n2)cc1)c1ccc(O[C@H]2C[C@@H](Nc3ccc4c(c3)C(=O)N(C3CCC(=O)NC3=O)C4=O)C2)cc1. The molecule has 0 bridgehead atoms. The van der Waals surface area contributed by atoms with Crippen LogP contribution in [0.2, 0.25) is 0 Å². The Morgan fingerprint density at radius 3 is 2.23 bits per heavy atom. The van der Waals surface area contributed by atoms with Gasteiger partial charge in [-0.05, 0) is 78.9 Å². The van der Waals surface area contributed by atoms with E-state index in [-0.39, 0.29) is 41.5 Å². The van der Waals surface area contributed by atoms with Gasteiger partial charge in [0.05, 0.1) is 30.0 Å². The van der Waals surface area contributed by atoms with Gasteiger partial charge in [0.1, 0.15) is 30.3 Å². The smallest absolute Gasteiger partial charge is 0.262 e. The lowest BCUT2D eigenvalue weighted by molar-refractivity contribution is -0.136. The number of benzene rings is 3. The zero-order chi connectivity index (χ0) is 39.3. The Hall–Kier alpha value is -5.82. The zero-order valence-electron chi connectivity index (χ0n) is 32.2. The number of nitrogens with one attached hydrogen (secondary N) is 2. The van der Waals surface area contributed by atoms with Crippen LogP contribution in [0.4, 0.5) is 11.6 Å². The average molecular weight is 771 g/mol. The van der Waals surface area contributed by atoms with Gasteiger partial charge in [-0.3, -0.25) is 29.4 Å². The Morgan fingerprint density at radius 2 is 1.56 bits per heavy atom. The number of carbonyl (C=O) groups is 4. The minimum atomic E-state index is -0.986. The third-order valence-corrected chi connectivity index (χ3v) is 12.4. The molecule has 1 unspecified atom stereocenters. The van der Waals surface area contributed by atoms with Crippen LogP contribution in [-0.2, 0) is 26.3 Å². The molecule has 3 saturated heterocycles. The van der Waals surface area contributed by atoms with Crippen molar-refractivity contribution in [1.82, 2.24) is 20.2 Å². The first kappa shape index (κ1) is 36.8. The first-order chi connectivity index (χ1) is 27.5. The lowest BCUT2D eigenvalue weighted by Crippen LogP contribution is -2.54. The summed E-state index contributed by atoms with van der Waals surface area (Å²) in [6, 6.07) is 22.7. The van der Waals surface area contributed by atoms with Crippen molar-refractivity contribution in [3.63, 3.8) is 0 Å². The molecule has 4 amide bonds. The molecule has 57 heavy (non-hydrogen) atoms. The van der Waals surface area contributed by atoms with Gasteiger partial charge in [-0.2, -0.15) is 0 Å². The molecule has 5 heterocycles. The summed E-state index contributed by atoms with van der Waals surface area (Å²) in [5.74, 6) is 0.308. The van der Waals surface area contributed by atoms with E-state index < -0.39 is 29.7 Å². The number of hydrogen-bond acceptors (Lipinski definition) is 11. The van der Waals surface area contributed by atoms with Crippen molar-refractivity contribution in [3.05, 3.63) is 107 Å². The molecule has 5 aliphatic rings. The van der Waals surface area contributed by atoms with Crippen LogP contribution in [0.15, 0.2) is 79.0 Å². The number of ether oxygens (including phenoxy) is 3. The standard InChI is InChI=1S/C44H46N6O7/c1-43(2,27-3-8-32(9-4-27)56-24-30-15-18-45-42(47-30)49-19-16-44(17-20-49)25-55-26-44)28-5-10-33(11-6-28)57-34-21-31(22-34)46-29-7-12-35-36(23-29)41(54)50(40(35)53)37-13-14-38(51)48-39(37)52/h3-12,15,18,23,31,34,37,46H,13-14,16-17,19-22,24-26H2,1-2H3,(H,48,51,52)/t31-,34+,37?. The highest BCUT2D eigenvalue weighted by atomic mass is 16.5. The number of nitrogens with zero attached hydrogens (tertiary/aromatic N) is 4. The van der Waals surface area contributed by atoms with Crippen molar-refractivity contribution >= 4 is 35.3 Å². The fraction of sp³-hybridized carbons (Fsp3) is 0.409. The maximum absolute atomic E-state index is 13.2. The van der Waals surface area contributed by atoms with E-state index in [1.165, 1.54) is 11.1 Å². The van der Waals surface area contributed by atoms with Crippen LogP contribution in [0.25, 0.3) is 0 Å². The third-order valence-electron chi connectivity index (χ3n) is 12.4. The molecule has 1 atom stereocenters. The van der Waals surface area contributed by atoms with Crippen molar-refractivity contribution in [1.29, 1.82) is 0 Å². The number of anilines is 2. The largest absolute Gasteiger partial charge is 0.490 e. The summed E-state index contributed by atoms with van der Waals surface area (Å²) in [5, 5.41) is 5.68. The summed E-state index contributed by atoms with van der Waals surface area (Å²) in [6.07, 6.45) is 5.86. The Kier molecular flexibility index (Phi) is 9.42. The molecule has 4 fully saturated rings. The molecule has 2 N–H and O–H groups in total. The summed E-state index contributed by atoms with van der Waals surface area (Å²) in [7, 11) is 0. The number of rotatable bonds is 11. The quantitative estimate of drug-likeness (QED) is 0.188. The summed E-state index contributed by atoms with van der Waals surface area (Å²) < 4.78 is 17.9. The number of amides is 4. The van der Waals surface area contributed by atoms with Crippen LogP contribution in [0.3, 0.4) is 0 Å². The van der Waals surface area contributed by atoms with Crippen molar-refractivity contribution in [3.8, 4) is 11.5 Å². The molecule has 4 aliphatic heterocycles. The first-order valence-corrected chi connectivity index (χ1v) is 19.8. The number of fused-ring (bicyclic) bond motifs is 1. The predicted molar refractivity (Wildman–Crippen MR) is 210 cm³/mol. The van der Waals surface area contributed by atoms with E-state index in [0.717, 1.165) is 85.7 Å². The maximum atomic E-state index is 13.2. The van der Waals surface area contributed by atoms with E-state index in [1.54, 1.807) is 18.2 Å². The molecule has 294 valence electrons. The molecule has 1 spiro atoms. The van der Waals surface area contributed by atoms with Crippen LogP contribution >= 0.6 is 0 Å². The van der Waals surface area contributed by atoms with E-state index in [2.05, 4.69) is 58.6 Å². The van der Waals surface area contributed by atoms with E-state index in [0.29, 0.717) is 12.0 Å². The van der Waals surface area contributed by atoms with Crippen molar-refractivity contribution < 1.29 is 33.4 Å². The predicted octanol–water partition coefficient (Wildman–Crippen LogP) is 5.42. The number of aromatic nitrogens is 2. The van der Waals surface area contributed by atoms with Crippen LogP contribution in [-0.4, -0.2) is 83.0 Å². The molecule has 1 aromatic heterocycles. The van der Waals surface area contributed by atoms with Gasteiger partial charge in [-0.1, -0.05) is 38.1 Å². The molecule has 13 nitrogen and oxygen atoms in total. The van der Waals surface area contributed by atoms with Crippen molar-refractivity contribution in [2.45, 2.75) is 82.6 Å². The monoisotopic (exact) mass is 770 g/mol. The van der Waals surface area contributed by atoms with Crippen molar-refractivity contribution in [2.75, 3.05) is 36.5 Å². The zero-order valence-corrected chi connectivity index (χ0v) is 32.2. The minimum absolute atomic E-state index is 0.0447. The fourth-order valence-electron chi connectivity index (χ4n) is 8.49. The molecule has 9 rings (SSSR count). The third kappa shape index (κ3) is 7.20. The first-order valence-electron chi connectivity index (χ1n) is 19.8. The molecule has 1 saturated carbocycles. The van der Waals surface area contributed by atoms with Gasteiger partial charge in [0.2, 0.25) is 17.8 Å². The van der Waals surface area contributed by atoms with Gasteiger partial charge >= 0.3 is 0 Å². The van der Waals surface area contributed by atoms with Crippen LogP contribution < -0.4 is 25.0 Å². The maximum Gasteiger partial charge on any atom is 0.262 e. The van der Waals surface area contributed by atoms with Gasteiger partial charge in [-0.25, -0.2) is 9.97 Å². The molecule has 3 aromatic carbocycles. The summed E-state index contributed by atoms with van der Waals surface area (Å²) in [5.41, 5.74) is 4.55. The van der Waals surface area contributed by atoms with Gasteiger partial charge in [0.15, 0.2) is 0 Å². The van der Waals surface area contributed by atoms with E-state index in [4.69, 9.17) is 19.2 Å². The fourth-order valence-corrected chi connectivity index (χ4v) is 8.49. The second-order valence-corrected chi connectivity index (χ2v) is 16.6. The van der Waals surface area contributed by atoms with Gasteiger partial charge < -0.3 is 24.4 Å². The molecule has 1 aliphatic carbocycles. The van der Waals surface area contributed by atoms with Crippen LogP contribution in [0.1, 0.15) is 89.9 Å². The second-order valence-electron chi connectivity index (χ2n) is 16.6. The highest BCUT2D eigenvalue weighted by molar-refractivity contribution is 6.23. The Bertz CT molecular complexity index is 2200. The number of carbonyl (C=O) groups excluding carboxylic acids is 4. The summed E-state index contributed by atoms with van der Waals surface area (Å²) in [6.45, 7) is 8.45. The summed E-state index contributed by atoms with van der Waals surface area (Å²) >= 11 is 0. The minimum Gasteiger partial charge on any atom is -0.490 e. The van der Waals surface area contributed by atoms with E-state index in [9.17, 15) is 19.2 Å². The lowest BCUT2D eigenvalue weighted by atomic mass is 9.77. The van der Waals surface area contributed by atoms with Crippen molar-refractivity contribution in [2.24, 2.45) is 5.41 Å². The van der Waals surface area contributed by atoms with Gasteiger partial charge in [0, 0.05) is 61.1 Å². The molecular formula is C44H46N6O7. The van der Waals surface area contributed by atoms with Gasteiger partial charge in [-0.15, -0.1) is 0 Å².